The van der Waals surface area contributed by atoms with E-state index in [-0.39, 0.29) is 5.69 Å². The van der Waals surface area contributed by atoms with Gasteiger partial charge in [0.1, 0.15) is 5.69 Å². The Hall–Kier alpha value is -1.86. The molecule has 0 saturated carbocycles. The lowest BCUT2D eigenvalue weighted by atomic mass is 10.2. The number of aryl methyl sites for hydroxylation is 1. The van der Waals surface area contributed by atoms with Gasteiger partial charge in [0.15, 0.2) is 11.6 Å². The minimum absolute atomic E-state index is 0.208. The second-order valence-corrected chi connectivity index (χ2v) is 4.35. The Morgan fingerprint density at radius 3 is 2.90 bits per heavy atom. The standard InChI is InChI=1S/C13H16F2N4O/c1-9-3-4-11(14)13(12(9)15)19-8-10(17-18-19)7-16-5-6-20-2/h3-4,8,16H,5-7H2,1-2H3. The molecule has 7 heteroatoms. The van der Waals surface area contributed by atoms with Crippen LogP contribution in [-0.2, 0) is 11.3 Å². The molecule has 0 aliphatic heterocycles. The second-order valence-electron chi connectivity index (χ2n) is 4.35. The lowest BCUT2D eigenvalue weighted by molar-refractivity contribution is 0.199. The number of ether oxygens (including phenoxy) is 1. The fourth-order valence-corrected chi connectivity index (χ4v) is 1.73. The number of halogens is 2. The first-order valence-electron chi connectivity index (χ1n) is 6.19. The monoisotopic (exact) mass is 282 g/mol. The van der Waals surface area contributed by atoms with E-state index in [1.54, 1.807) is 14.0 Å². The van der Waals surface area contributed by atoms with Gasteiger partial charge in [-0.05, 0) is 18.6 Å². The van der Waals surface area contributed by atoms with Crippen molar-refractivity contribution in [1.29, 1.82) is 0 Å². The first-order valence-corrected chi connectivity index (χ1v) is 6.19. The van der Waals surface area contributed by atoms with Crippen LogP contribution in [0.1, 0.15) is 11.3 Å². The van der Waals surface area contributed by atoms with Crippen LogP contribution >= 0.6 is 0 Å². The normalized spacial score (nSPS) is 11.0. The summed E-state index contributed by atoms with van der Waals surface area (Å²) in [6.07, 6.45) is 1.50. The largest absolute Gasteiger partial charge is 0.383 e. The van der Waals surface area contributed by atoms with E-state index < -0.39 is 11.6 Å². The van der Waals surface area contributed by atoms with E-state index in [4.69, 9.17) is 4.74 Å². The predicted molar refractivity (Wildman–Crippen MR) is 69.6 cm³/mol. The summed E-state index contributed by atoms with van der Waals surface area (Å²) >= 11 is 0. The molecule has 0 radical (unpaired) electrons. The average molecular weight is 282 g/mol. The predicted octanol–water partition coefficient (Wildman–Crippen LogP) is 1.59. The third-order valence-electron chi connectivity index (χ3n) is 2.82. The number of methoxy groups -OCH3 is 1. The molecular weight excluding hydrogens is 266 g/mol. The molecule has 0 spiro atoms. The Labute approximate surface area is 115 Å². The summed E-state index contributed by atoms with van der Waals surface area (Å²) in [5.41, 5.74) is 0.749. The molecule has 0 unspecified atom stereocenters. The first-order chi connectivity index (χ1) is 9.63. The molecule has 1 aromatic heterocycles. The van der Waals surface area contributed by atoms with Crippen molar-refractivity contribution in [3.63, 3.8) is 0 Å². The molecule has 1 heterocycles. The van der Waals surface area contributed by atoms with Crippen LogP contribution in [-0.4, -0.2) is 35.3 Å². The highest BCUT2D eigenvalue weighted by molar-refractivity contribution is 5.38. The van der Waals surface area contributed by atoms with Crippen molar-refractivity contribution in [2.75, 3.05) is 20.3 Å². The smallest absolute Gasteiger partial charge is 0.154 e. The molecule has 20 heavy (non-hydrogen) atoms. The number of hydrogen-bond acceptors (Lipinski definition) is 4. The maximum absolute atomic E-state index is 13.9. The summed E-state index contributed by atoms with van der Waals surface area (Å²) in [6.45, 7) is 3.27. The van der Waals surface area contributed by atoms with Crippen LogP contribution in [0.5, 0.6) is 0 Å². The molecule has 2 aromatic rings. The molecule has 1 aromatic carbocycles. The summed E-state index contributed by atoms with van der Waals surface area (Å²) in [4.78, 5) is 0. The fraction of sp³-hybridized carbons (Fsp3) is 0.385. The van der Waals surface area contributed by atoms with Crippen molar-refractivity contribution < 1.29 is 13.5 Å². The van der Waals surface area contributed by atoms with Crippen LogP contribution in [0.4, 0.5) is 8.78 Å². The van der Waals surface area contributed by atoms with Gasteiger partial charge in [0, 0.05) is 20.2 Å². The quantitative estimate of drug-likeness (QED) is 0.818. The van der Waals surface area contributed by atoms with Gasteiger partial charge in [-0.25, -0.2) is 13.5 Å². The molecule has 0 atom stereocenters. The highest BCUT2D eigenvalue weighted by atomic mass is 19.1. The Kier molecular flexibility index (Phi) is 4.75. The van der Waals surface area contributed by atoms with Gasteiger partial charge in [-0.2, -0.15) is 0 Å². The van der Waals surface area contributed by atoms with Crippen molar-refractivity contribution in [3.8, 4) is 5.69 Å². The zero-order valence-corrected chi connectivity index (χ0v) is 11.4. The van der Waals surface area contributed by atoms with Crippen LogP contribution in [0.25, 0.3) is 5.69 Å². The van der Waals surface area contributed by atoms with Gasteiger partial charge in [-0.1, -0.05) is 11.3 Å². The van der Waals surface area contributed by atoms with Crippen LogP contribution in [0.2, 0.25) is 0 Å². The van der Waals surface area contributed by atoms with Gasteiger partial charge in [-0.3, -0.25) is 0 Å². The molecule has 5 nitrogen and oxygen atoms in total. The van der Waals surface area contributed by atoms with E-state index >= 15 is 0 Å². The summed E-state index contributed by atoms with van der Waals surface area (Å²) in [5, 5.41) is 10.7. The number of nitrogens with zero attached hydrogens (tertiary/aromatic N) is 3. The Morgan fingerprint density at radius 2 is 2.15 bits per heavy atom. The summed E-state index contributed by atoms with van der Waals surface area (Å²) in [7, 11) is 1.61. The molecular formula is C13H16F2N4O. The van der Waals surface area contributed by atoms with Crippen molar-refractivity contribution in [2.45, 2.75) is 13.5 Å². The third-order valence-corrected chi connectivity index (χ3v) is 2.82. The van der Waals surface area contributed by atoms with Crippen molar-refractivity contribution >= 4 is 0 Å². The topological polar surface area (TPSA) is 52.0 Å². The zero-order chi connectivity index (χ0) is 14.5. The molecule has 1 N–H and O–H groups in total. The first kappa shape index (κ1) is 14.5. The van der Waals surface area contributed by atoms with Crippen LogP contribution in [0.3, 0.4) is 0 Å². The lowest BCUT2D eigenvalue weighted by Crippen LogP contribution is -2.18. The highest BCUT2D eigenvalue weighted by Crippen LogP contribution is 2.19. The Morgan fingerprint density at radius 1 is 1.35 bits per heavy atom. The molecule has 0 fully saturated rings. The van der Waals surface area contributed by atoms with Gasteiger partial charge in [0.25, 0.3) is 0 Å². The molecule has 2 rings (SSSR count). The molecule has 0 aliphatic carbocycles. The molecule has 0 aliphatic rings. The maximum Gasteiger partial charge on any atom is 0.154 e. The van der Waals surface area contributed by atoms with E-state index in [1.807, 2.05) is 0 Å². The number of aromatic nitrogens is 3. The SMILES string of the molecule is COCCNCc1cn(-c2c(F)ccc(C)c2F)nn1. The fourth-order valence-electron chi connectivity index (χ4n) is 1.73. The second kappa shape index (κ2) is 6.53. The summed E-state index contributed by atoms with van der Waals surface area (Å²) in [6, 6.07) is 2.60. The molecule has 0 amide bonds. The maximum atomic E-state index is 13.9. The number of hydrogen-bond donors (Lipinski definition) is 1. The lowest BCUT2D eigenvalue weighted by Gasteiger charge is -2.05. The van der Waals surface area contributed by atoms with Gasteiger partial charge in [0.2, 0.25) is 0 Å². The van der Waals surface area contributed by atoms with Crippen LogP contribution < -0.4 is 5.32 Å². The van der Waals surface area contributed by atoms with Crippen molar-refractivity contribution in [3.05, 3.63) is 41.2 Å². The van der Waals surface area contributed by atoms with E-state index in [1.165, 1.54) is 18.3 Å². The Bertz CT molecular complexity index is 586. The van der Waals surface area contributed by atoms with Crippen molar-refractivity contribution in [1.82, 2.24) is 20.3 Å². The van der Waals surface area contributed by atoms with E-state index in [9.17, 15) is 8.78 Å². The van der Waals surface area contributed by atoms with Crippen molar-refractivity contribution in [2.24, 2.45) is 0 Å². The number of rotatable bonds is 6. The molecule has 108 valence electrons. The molecule has 0 saturated heterocycles. The van der Waals surface area contributed by atoms with Crippen LogP contribution in [0, 0.1) is 18.6 Å². The van der Waals surface area contributed by atoms with Gasteiger partial charge < -0.3 is 10.1 Å². The summed E-state index contributed by atoms with van der Waals surface area (Å²) < 4.78 is 33.7. The minimum Gasteiger partial charge on any atom is -0.383 e. The highest BCUT2D eigenvalue weighted by Gasteiger charge is 2.15. The zero-order valence-electron chi connectivity index (χ0n) is 11.4. The Balaban J connectivity index is 2.15. The van der Waals surface area contributed by atoms with E-state index in [0.717, 1.165) is 4.68 Å². The summed E-state index contributed by atoms with van der Waals surface area (Å²) in [5.74, 6) is -1.30. The number of benzene rings is 1. The average Bonchev–Trinajstić information content (AvgIpc) is 2.88. The third kappa shape index (κ3) is 3.17. The minimum atomic E-state index is -0.670. The van der Waals surface area contributed by atoms with Gasteiger partial charge in [-0.15, -0.1) is 5.10 Å². The van der Waals surface area contributed by atoms with Gasteiger partial charge >= 0.3 is 0 Å². The van der Waals surface area contributed by atoms with Crippen LogP contribution in [0.15, 0.2) is 18.3 Å². The van der Waals surface area contributed by atoms with E-state index in [2.05, 4.69) is 15.6 Å². The van der Waals surface area contributed by atoms with Gasteiger partial charge in [0.05, 0.1) is 18.5 Å². The molecule has 0 bridgehead atoms. The van der Waals surface area contributed by atoms with E-state index in [0.29, 0.717) is 31.0 Å². The number of nitrogens with one attached hydrogen (secondary N) is 1.